The molecule has 0 amide bonds. The lowest BCUT2D eigenvalue weighted by molar-refractivity contribution is -0.338. The summed E-state index contributed by atoms with van der Waals surface area (Å²) in [7, 11) is 0. The standard InChI is InChI=1S/C8H10O9.C6H8O7/c9-5(10)1-3(7(13)14)17-4(8(15)16)2-6(11)12;7-4(8)1-3(6(11)12)13-2-5(9)10/h3-4H,1-2H2,(H,9,10)(H,11,12)(H,13,14)(H,15,16);3H,1-2H2,(H,7,8)(H,9,10)(H,11,12)/p-6. The van der Waals surface area contributed by atoms with Gasteiger partial charge in [0.05, 0.1) is 17.9 Å². The molecule has 16 heteroatoms. The summed E-state index contributed by atoms with van der Waals surface area (Å²) in [5.74, 6) is -12.5. The van der Waals surface area contributed by atoms with Crippen molar-refractivity contribution >= 4 is 41.8 Å². The van der Waals surface area contributed by atoms with Crippen molar-refractivity contribution in [2.45, 2.75) is 37.6 Å². The zero-order valence-corrected chi connectivity index (χ0v) is 14.6. The lowest BCUT2D eigenvalue weighted by Gasteiger charge is -2.26. The third-order valence-electron chi connectivity index (χ3n) is 2.58. The number of aliphatic carboxylic acids is 7. The monoisotopic (exact) mass is 436 g/mol. The molecular formula is C14H12O16-6. The van der Waals surface area contributed by atoms with Gasteiger partial charge in [-0.2, -0.15) is 0 Å². The predicted octanol–water partition coefficient (Wildman–Crippen LogP) is -10.1. The summed E-state index contributed by atoms with van der Waals surface area (Å²) >= 11 is 0. The van der Waals surface area contributed by atoms with Gasteiger partial charge in [0.15, 0.2) is 0 Å². The number of carboxylic acids is 7. The number of ether oxygens (including phenoxy) is 2. The van der Waals surface area contributed by atoms with E-state index >= 15 is 0 Å². The number of rotatable bonds is 14. The third kappa shape index (κ3) is 15.3. The Bertz CT molecular complexity index is 635. The largest absolute Gasteiger partial charge is 0.550 e. The van der Waals surface area contributed by atoms with Gasteiger partial charge in [-0.15, -0.1) is 0 Å². The van der Waals surface area contributed by atoms with Crippen LogP contribution in [0.25, 0.3) is 0 Å². The van der Waals surface area contributed by atoms with E-state index in [1.165, 1.54) is 0 Å². The van der Waals surface area contributed by atoms with Crippen molar-refractivity contribution in [1.82, 2.24) is 0 Å². The Hall–Kier alpha value is -3.79. The Morgan fingerprint density at radius 3 is 1.13 bits per heavy atom. The quantitative estimate of drug-likeness (QED) is 0.264. The molecule has 1 N–H and O–H groups in total. The molecule has 16 nitrogen and oxygen atoms in total. The van der Waals surface area contributed by atoms with E-state index in [0.717, 1.165) is 0 Å². The number of carbonyl (C=O) groups is 7. The van der Waals surface area contributed by atoms with Crippen molar-refractivity contribution in [1.29, 1.82) is 0 Å². The fourth-order valence-corrected chi connectivity index (χ4v) is 1.41. The first-order valence-corrected chi connectivity index (χ1v) is 7.38. The molecule has 0 aromatic carbocycles. The second kappa shape index (κ2) is 14.2. The van der Waals surface area contributed by atoms with Crippen LogP contribution in [0.3, 0.4) is 0 Å². The molecule has 0 radical (unpaired) electrons. The van der Waals surface area contributed by atoms with Gasteiger partial charge < -0.3 is 74.0 Å². The zero-order valence-electron chi connectivity index (χ0n) is 14.6. The minimum absolute atomic E-state index is 0.897. The lowest BCUT2D eigenvalue weighted by atomic mass is 10.2. The lowest BCUT2D eigenvalue weighted by Crippen LogP contribution is -2.49. The molecule has 0 aliphatic heterocycles. The van der Waals surface area contributed by atoms with Crippen molar-refractivity contribution in [3.8, 4) is 0 Å². The zero-order chi connectivity index (χ0) is 24.0. The van der Waals surface area contributed by atoms with Crippen LogP contribution in [0.5, 0.6) is 0 Å². The van der Waals surface area contributed by atoms with Crippen LogP contribution >= 0.6 is 0 Å². The summed E-state index contributed by atoms with van der Waals surface area (Å²) in [5.41, 5.74) is 0. The summed E-state index contributed by atoms with van der Waals surface area (Å²) in [6.45, 7) is -0.897. The Morgan fingerprint density at radius 2 is 0.900 bits per heavy atom. The van der Waals surface area contributed by atoms with Crippen molar-refractivity contribution in [2.75, 3.05) is 6.61 Å². The van der Waals surface area contributed by atoms with E-state index in [1.807, 2.05) is 0 Å². The van der Waals surface area contributed by atoms with Gasteiger partial charge in [-0.3, -0.25) is 0 Å². The molecule has 170 valence electrons. The molecular weight excluding hydrogens is 424 g/mol. The van der Waals surface area contributed by atoms with Crippen LogP contribution in [0.4, 0.5) is 0 Å². The molecule has 0 saturated carbocycles. The second-order valence-electron chi connectivity index (χ2n) is 4.99. The smallest absolute Gasteiger partial charge is 0.329 e. The number of carboxylic acid groups (broad SMARTS) is 7. The Balaban J connectivity index is 0. The molecule has 0 aromatic heterocycles. The van der Waals surface area contributed by atoms with Crippen LogP contribution in [-0.2, 0) is 43.0 Å². The van der Waals surface area contributed by atoms with Gasteiger partial charge in [0.2, 0.25) is 0 Å². The third-order valence-corrected chi connectivity index (χ3v) is 2.58. The molecule has 0 fully saturated rings. The number of carbonyl (C=O) groups excluding carboxylic acids is 6. The molecule has 0 heterocycles. The minimum Gasteiger partial charge on any atom is -0.550 e. The maximum absolute atomic E-state index is 10.4. The maximum Gasteiger partial charge on any atom is 0.329 e. The van der Waals surface area contributed by atoms with Crippen LogP contribution in [0.2, 0.25) is 0 Å². The van der Waals surface area contributed by atoms with E-state index in [0.29, 0.717) is 0 Å². The van der Waals surface area contributed by atoms with E-state index in [2.05, 4.69) is 9.47 Å². The van der Waals surface area contributed by atoms with E-state index < -0.39 is 86.0 Å². The average molecular weight is 436 g/mol. The van der Waals surface area contributed by atoms with Gasteiger partial charge in [-0.25, -0.2) is 4.79 Å². The van der Waals surface area contributed by atoms with Crippen LogP contribution < -0.4 is 30.6 Å². The van der Waals surface area contributed by atoms with Gasteiger partial charge in [-0.05, 0) is 0 Å². The molecule has 0 aliphatic carbocycles. The first kappa shape index (κ1) is 28.4. The van der Waals surface area contributed by atoms with Crippen molar-refractivity contribution in [2.24, 2.45) is 0 Å². The number of hydrogen-bond donors (Lipinski definition) is 1. The topological polar surface area (TPSA) is 297 Å². The molecule has 0 aliphatic rings. The van der Waals surface area contributed by atoms with E-state index in [1.54, 1.807) is 0 Å². The predicted molar refractivity (Wildman–Crippen MR) is 69.9 cm³/mol. The SMILES string of the molecule is O=C([O-])CC(OC(CC(=O)[O-])C(=O)[O-])C(=O)[O-].O=C([O-])CC(OCC(=O)O)C(=O)[O-]. The van der Waals surface area contributed by atoms with Crippen LogP contribution in [0.1, 0.15) is 19.3 Å². The van der Waals surface area contributed by atoms with Crippen LogP contribution in [-0.4, -0.2) is 71.8 Å². The van der Waals surface area contributed by atoms with E-state index in [-0.39, 0.29) is 0 Å². The summed E-state index contributed by atoms with van der Waals surface area (Å²) in [4.78, 5) is 70.9. The fourth-order valence-electron chi connectivity index (χ4n) is 1.41. The normalized spacial score (nSPS) is 12.9. The van der Waals surface area contributed by atoms with Crippen molar-refractivity contribution < 1.29 is 78.8 Å². The van der Waals surface area contributed by atoms with E-state index in [9.17, 15) is 64.2 Å². The number of hydrogen-bond acceptors (Lipinski definition) is 15. The summed E-state index contributed by atoms with van der Waals surface area (Å²) in [6, 6.07) is 0. The van der Waals surface area contributed by atoms with Crippen molar-refractivity contribution in [3.63, 3.8) is 0 Å². The highest BCUT2D eigenvalue weighted by molar-refractivity contribution is 5.80. The Morgan fingerprint density at radius 1 is 0.600 bits per heavy atom. The highest BCUT2D eigenvalue weighted by Crippen LogP contribution is 2.05. The van der Waals surface area contributed by atoms with Gasteiger partial charge in [0.1, 0.15) is 24.9 Å². The highest BCUT2D eigenvalue weighted by atomic mass is 16.5. The summed E-state index contributed by atoms with van der Waals surface area (Å²) in [6.07, 6.45) is -9.39. The first-order chi connectivity index (χ1) is 13.7. The molecule has 0 saturated heterocycles. The van der Waals surface area contributed by atoms with Gasteiger partial charge >= 0.3 is 5.97 Å². The molecule has 0 rings (SSSR count). The summed E-state index contributed by atoms with van der Waals surface area (Å²) in [5, 5.41) is 69.1. The molecule has 0 bridgehead atoms. The van der Waals surface area contributed by atoms with Gasteiger partial charge in [0, 0.05) is 37.2 Å². The fraction of sp³-hybridized carbons (Fsp3) is 0.500. The molecule has 30 heavy (non-hydrogen) atoms. The highest BCUT2D eigenvalue weighted by Gasteiger charge is 2.19. The van der Waals surface area contributed by atoms with Crippen molar-refractivity contribution in [3.05, 3.63) is 0 Å². The molecule has 3 unspecified atom stereocenters. The average Bonchev–Trinajstić information content (AvgIpc) is 2.56. The van der Waals surface area contributed by atoms with Gasteiger partial charge in [-0.1, -0.05) is 0 Å². The Labute approximate surface area is 165 Å². The minimum atomic E-state index is -2.15. The van der Waals surface area contributed by atoms with Crippen LogP contribution in [0, 0.1) is 0 Å². The molecule has 0 spiro atoms. The maximum atomic E-state index is 10.4. The Kier molecular flexibility index (Phi) is 13.5. The second-order valence-corrected chi connectivity index (χ2v) is 4.99. The van der Waals surface area contributed by atoms with E-state index in [4.69, 9.17) is 5.11 Å². The summed E-state index contributed by atoms with van der Waals surface area (Å²) < 4.78 is 8.42. The van der Waals surface area contributed by atoms with Crippen LogP contribution in [0.15, 0.2) is 0 Å². The first-order valence-electron chi connectivity index (χ1n) is 7.38. The molecule has 3 atom stereocenters. The molecule has 0 aromatic rings. The van der Waals surface area contributed by atoms with Gasteiger partial charge in [0.25, 0.3) is 0 Å².